The number of nitrogens with one attached hydrogen (secondary N) is 2. The minimum absolute atomic E-state index is 0.156. The molecule has 3 atom stereocenters. The lowest BCUT2D eigenvalue weighted by molar-refractivity contribution is -0.180. The van der Waals surface area contributed by atoms with Crippen molar-refractivity contribution < 1.29 is 22.8 Å². The molecule has 1 aliphatic heterocycles. The van der Waals surface area contributed by atoms with E-state index in [-0.39, 0.29) is 6.42 Å². The van der Waals surface area contributed by atoms with Gasteiger partial charge in [-0.15, -0.1) is 0 Å². The molecular formula is C23H25F3N2O2. The number of aryl methyl sites for hydroxylation is 2. The third kappa shape index (κ3) is 4.83. The summed E-state index contributed by atoms with van der Waals surface area (Å²) in [7, 11) is 0. The van der Waals surface area contributed by atoms with Gasteiger partial charge < -0.3 is 10.6 Å². The van der Waals surface area contributed by atoms with Gasteiger partial charge >= 0.3 is 6.18 Å². The molecule has 3 rings (SSSR count). The van der Waals surface area contributed by atoms with Crippen LogP contribution in [0.15, 0.2) is 48.5 Å². The van der Waals surface area contributed by atoms with Gasteiger partial charge in [-0.2, -0.15) is 13.2 Å². The van der Waals surface area contributed by atoms with Crippen molar-refractivity contribution in [2.45, 2.75) is 45.5 Å². The van der Waals surface area contributed by atoms with Crippen LogP contribution in [-0.4, -0.2) is 24.0 Å². The van der Waals surface area contributed by atoms with E-state index in [1.807, 2.05) is 67.7 Å². The molecule has 1 fully saturated rings. The van der Waals surface area contributed by atoms with Crippen molar-refractivity contribution in [1.29, 1.82) is 0 Å². The SMILES string of the molecule is Cc1ccc(C(NC(=O)C2CC(C)C(C(F)(F)F)NC2=O)c2ccc(C)cc2)cc1. The summed E-state index contributed by atoms with van der Waals surface area (Å²) in [5, 5.41) is 4.86. The molecule has 0 bridgehead atoms. The zero-order valence-electron chi connectivity index (χ0n) is 17.1. The van der Waals surface area contributed by atoms with Crippen LogP contribution in [0.2, 0.25) is 0 Å². The summed E-state index contributed by atoms with van der Waals surface area (Å²) in [6.45, 7) is 5.30. The molecule has 30 heavy (non-hydrogen) atoms. The highest BCUT2D eigenvalue weighted by Gasteiger charge is 2.50. The first-order valence-corrected chi connectivity index (χ1v) is 9.87. The molecule has 160 valence electrons. The number of hydrogen-bond donors (Lipinski definition) is 2. The van der Waals surface area contributed by atoms with Crippen LogP contribution in [0, 0.1) is 25.7 Å². The highest BCUT2D eigenvalue weighted by atomic mass is 19.4. The van der Waals surface area contributed by atoms with Gasteiger partial charge in [-0.05, 0) is 37.3 Å². The minimum Gasteiger partial charge on any atom is -0.344 e. The summed E-state index contributed by atoms with van der Waals surface area (Å²) < 4.78 is 39.3. The Morgan fingerprint density at radius 2 is 1.47 bits per heavy atom. The number of amides is 2. The Hall–Kier alpha value is -2.83. The van der Waals surface area contributed by atoms with Gasteiger partial charge in [0.1, 0.15) is 12.0 Å². The molecule has 3 unspecified atom stereocenters. The van der Waals surface area contributed by atoms with E-state index < -0.39 is 41.9 Å². The summed E-state index contributed by atoms with van der Waals surface area (Å²) in [5.74, 6) is -3.53. The van der Waals surface area contributed by atoms with Crippen LogP contribution in [0.4, 0.5) is 13.2 Å². The van der Waals surface area contributed by atoms with Crippen LogP contribution >= 0.6 is 0 Å². The molecule has 0 aliphatic carbocycles. The van der Waals surface area contributed by atoms with Gasteiger partial charge in [0.25, 0.3) is 0 Å². The van der Waals surface area contributed by atoms with Crippen LogP contribution in [0.3, 0.4) is 0 Å². The number of hydrogen-bond acceptors (Lipinski definition) is 2. The summed E-state index contributed by atoms with van der Waals surface area (Å²) in [6.07, 6.45) is -4.70. The fourth-order valence-corrected chi connectivity index (χ4v) is 3.76. The lowest BCUT2D eigenvalue weighted by Crippen LogP contribution is -2.58. The maximum atomic E-state index is 13.1. The van der Waals surface area contributed by atoms with E-state index in [0.29, 0.717) is 0 Å². The summed E-state index contributed by atoms with van der Waals surface area (Å²) in [6, 6.07) is 12.8. The van der Waals surface area contributed by atoms with Gasteiger partial charge in [0.2, 0.25) is 11.8 Å². The number of alkyl halides is 3. The Labute approximate surface area is 173 Å². The van der Waals surface area contributed by atoms with Crippen molar-refractivity contribution in [3.63, 3.8) is 0 Å². The highest BCUT2D eigenvalue weighted by molar-refractivity contribution is 6.01. The summed E-state index contributed by atoms with van der Waals surface area (Å²) >= 11 is 0. The fraction of sp³-hybridized carbons (Fsp3) is 0.391. The smallest absolute Gasteiger partial charge is 0.344 e. The average Bonchev–Trinajstić information content (AvgIpc) is 2.68. The van der Waals surface area contributed by atoms with Crippen LogP contribution in [-0.2, 0) is 9.59 Å². The zero-order chi connectivity index (χ0) is 22.1. The van der Waals surface area contributed by atoms with E-state index in [1.54, 1.807) is 0 Å². The van der Waals surface area contributed by atoms with E-state index in [1.165, 1.54) is 6.92 Å². The van der Waals surface area contributed by atoms with E-state index in [2.05, 4.69) is 5.32 Å². The second-order valence-corrected chi connectivity index (χ2v) is 8.06. The first kappa shape index (κ1) is 21.9. The molecular weight excluding hydrogens is 393 g/mol. The Balaban J connectivity index is 1.84. The summed E-state index contributed by atoms with van der Waals surface area (Å²) in [5.41, 5.74) is 3.78. The van der Waals surface area contributed by atoms with Crippen molar-refractivity contribution in [2.75, 3.05) is 0 Å². The zero-order valence-corrected chi connectivity index (χ0v) is 17.1. The second kappa shape index (κ2) is 8.50. The number of halogens is 3. The van der Waals surface area contributed by atoms with Crippen molar-refractivity contribution >= 4 is 11.8 Å². The summed E-state index contributed by atoms with van der Waals surface area (Å²) in [4.78, 5) is 25.3. The monoisotopic (exact) mass is 418 g/mol. The lowest BCUT2D eigenvalue weighted by Gasteiger charge is -2.35. The maximum Gasteiger partial charge on any atom is 0.408 e. The predicted octanol–water partition coefficient (Wildman–Crippen LogP) is 4.21. The average molecular weight is 418 g/mol. The highest BCUT2D eigenvalue weighted by Crippen LogP contribution is 2.33. The fourth-order valence-electron chi connectivity index (χ4n) is 3.76. The predicted molar refractivity (Wildman–Crippen MR) is 108 cm³/mol. The number of rotatable bonds is 4. The lowest BCUT2D eigenvalue weighted by atomic mass is 9.84. The molecule has 0 aromatic heterocycles. The third-order valence-corrected chi connectivity index (χ3v) is 5.57. The molecule has 2 aromatic rings. The van der Waals surface area contributed by atoms with Crippen LogP contribution in [0.1, 0.15) is 41.6 Å². The number of piperidine rings is 1. The van der Waals surface area contributed by atoms with Crippen molar-refractivity contribution in [3.05, 3.63) is 70.8 Å². The molecule has 0 spiro atoms. The minimum atomic E-state index is -4.54. The standard InChI is InChI=1S/C23H25F3N2O2/c1-13-4-8-16(9-5-13)19(17-10-6-14(2)7-11-17)27-21(29)18-12-15(3)20(23(24,25)26)28-22(18)30/h4-11,15,18-20H,12H2,1-3H3,(H,27,29)(H,28,30). The van der Waals surface area contributed by atoms with Gasteiger partial charge in [-0.3, -0.25) is 9.59 Å². The molecule has 2 aromatic carbocycles. The maximum absolute atomic E-state index is 13.1. The van der Waals surface area contributed by atoms with E-state index in [9.17, 15) is 22.8 Å². The Kier molecular flexibility index (Phi) is 6.19. The van der Waals surface area contributed by atoms with Crippen LogP contribution in [0.25, 0.3) is 0 Å². The van der Waals surface area contributed by atoms with Gasteiger partial charge in [0, 0.05) is 0 Å². The number of carbonyl (C=O) groups excluding carboxylic acids is 2. The van der Waals surface area contributed by atoms with Crippen LogP contribution < -0.4 is 10.6 Å². The van der Waals surface area contributed by atoms with Gasteiger partial charge in [-0.1, -0.05) is 66.6 Å². The first-order valence-electron chi connectivity index (χ1n) is 9.87. The number of benzene rings is 2. The van der Waals surface area contributed by atoms with Crippen molar-refractivity contribution in [2.24, 2.45) is 11.8 Å². The van der Waals surface area contributed by atoms with Crippen LogP contribution in [0.5, 0.6) is 0 Å². The molecule has 4 nitrogen and oxygen atoms in total. The first-order chi connectivity index (χ1) is 14.1. The third-order valence-electron chi connectivity index (χ3n) is 5.57. The topological polar surface area (TPSA) is 58.2 Å². The molecule has 0 radical (unpaired) electrons. The van der Waals surface area contributed by atoms with E-state index in [4.69, 9.17) is 0 Å². The molecule has 1 aliphatic rings. The largest absolute Gasteiger partial charge is 0.408 e. The van der Waals surface area contributed by atoms with Gasteiger partial charge in [0.15, 0.2) is 0 Å². The normalized spacial score (nSPS) is 22.0. The molecule has 2 amide bonds. The van der Waals surface area contributed by atoms with Crippen molar-refractivity contribution in [3.8, 4) is 0 Å². The molecule has 0 saturated carbocycles. The quantitative estimate of drug-likeness (QED) is 0.731. The molecule has 7 heteroatoms. The Morgan fingerprint density at radius 3 is 1.90 bits per heavy atom. The molecule has 2 N–H and O–H groups in total. The van der Waals surface area contributed by atoms with Gasteiger partial charge in [0.05, 0.1) is 6.04 Å². The van der Waals surface area contributed by atoms with E-state index in [0.717, 1.165) is 22.3 Å². The van der Waals surface area contributed by atoms with Crippen molar-refractivity contribution in [1.82, 2.24) is 10.6 Å². The Bertz CT molecular complexity index is 862. The second-order valence-electron chi connectivity index (χ2n) is 8.06. The Morgan fingerprint density at radius 1 is 1.00 bits per heavy atom. The van der Waals surface area contributed by atoms with E-state index >= 15 is 0 Å². The van der Waals surface area contributed by atoms with Gasteiger partial charge in [-0.25, -0.2) is 0 Å². The molecule has 1 saturated heterocycles. The molecule has 1 heterocycles. The number of carbonyl (C=O) groups is 2.